The number of nitriles is 1. The molecule has 10 heteroatoms. The maximum Gasteiger partial charge on any atom is 0.259 e. The zero-order chi connectivity index (χ0) is 26.0. The number of amides is 1. The van der Waals surface area contributed by atoms with Gasteiger partial charge < -0.3 is 10.1 Å². The summed E-state index contributed by atoms with van der Waals surface area (Å²) in [5, 5.41) is 17.9. The number of nitrogens with zero attached hydrogens (tertiary/aromatic N) is 6. The van der Waals surface area contributed by atoms with Gasteiger partial charge >= 0.3 is 0 Å². The van der Waals surface area contributed by atoms with E-state index in [9.17, 15) is 10.1 Å². The highest BCUT2D eigenvalue weighted by atomic mass is 35.5. The van der Waals surface area contributed by atoms with Gasteiger partial charge in [0.05, 0.1) is 70.4 Å². The monoisotopic (exact) mass is 519 g/mol. The van der Waals surface area contributed by atoms with Gasteiger partial charge in [-0.1, -0.05) is 11.6 Å². The first-order chi connectivity index (χ1) is 17.9. The molecule has 4 heterocycles. The Labute approximate surface area is 221 Å². The minimum atomic E-state index is -0.591. The molecule has 2 fully saturated rings. The Balaban J connectivity index is 1.25. The van der Waals surface area contributed by atoms with Crippen LogP contribution in [0.4, 0.5) is 5.69 Å². The van der Waals surface area contributed by atoms with Gasteiger partial charge in [-0.15, -0.1) is 0 Å². The highest BCUT2D eigenvalue weighted by Gasteiger charge is 2.40. The van der Waals surface area contributed by atoms with Crippen LogP contribution in [-0.2, 0) is 10.2 Å². The van der Waals surface area contributed by atoms with E-state index in [1.165, 1.54) is 6.20 Å². The molecule has 1 saturated heterocycles. The van der Waals surface area contributed by atoms with Crippen molar-refractivity contribution >= 4 is 23.2 Å². The quantitative estimate of drug-likeness (QED) is 0.537. The molecule has 0 radical (unpaired) electrons. The highest BCUT2D eigenvalue weighted by molar-refractivity contribution is 6.31. The van der Waals surface area contributed by atoms with Crippen molar-refractivity contribution in [3.63, 3.8) is 0 Å². The van der Waals surface area contributed by atoms with E-state index in [0.717, 1.165) is 57.7 Å². The van der Waals surface area contributed by atoms with Crippen LogP contribution >= 0.6 is 11.6 Å². The molecular formula is C27H30ClN7O2. The number of ether oxygens (including phenoxy) is 1. The Morgan fingerprint density at radius 1 is 1.16 bits per heavy atom. The summed E-state index contributed by atoms with van der Waals surface area (Å²) in [6.45, 7) is 7.13. The van der Waals surface area contributed by atoms with E-state index in [4.69, 9.17) is 16.3 Å². The Morgan fingerprint density at radius 2 is 1.92 bits per heavy atom. The maximum atomic E-state index is 13.0. The van der Waals surface area contributed by atoms with E-state index >= 15 is 0 Å². The van der Waals surface area contributed by atoms with Gasteiger partial charge in [-0.3, -0.25) is 14.7 Å². The third-order valence-electron chi connectivity index (χ3n) is 7.57. The average Bonchev–Trinajstić information content (AvgIpc) is 3.32. The SMILES string of the molecule is Cc1nc(-n2ncc(C(=O)Nc3ccc([C@]4(C#N)CC[C@@H](N5CCOCC5)CC4)nc3)c2C)ccc1Cl. The first-order valence-electron chi connectivity index (χ1n) is 12.6. The third kappa shape index (κ3) is 5.10. The van der Waals surface area contributed by atoms with Gasteiger partial charge in [0.25, 0.3) is 5.91 Å². The molecule has 5 rings (SSSR count). The molecule has 3 aromatic heterocycles. The van der Waals surface area contributed by atoms with Crippen LogP contribution in [0.3, 0.4) is 0 Å². The van der Waals surface area contributed by atoms with Crippen LogP contribution < -0.4 is 5.32 Å². The number of morpholine rings is 1. The Morgan fingerprint density at radius 3 is 2.57 bits per heavy atom. The highest BCUT2D eigenvalue weighted by Crippen LogP contribution is 2.40. The molecular weight excluding hydrogens is 490 g/mol. The average molecular weight is 520 g/mol. The third-order valence-corrected chi connectivity index (χ3v) is 7.97. The number of carbonyl (C=O) groups excluding carboxylic acids is 1. The number of anilines is 1. The molecule has 192 valence electrons. The van der Waals surface area contributed by atoms with Crippen molar-refractivity contribution in [2.45, 2.75) is 51.0 Å². The molecule has 1 saturated carbocycles. The van der Waals surface area contributed by atoms with Gasteiger partial charge in [0.1, 0.15) is 0 Å². The molecule has 1 N–H and O–H groups in total. The zero-order valence-electron chi connectivity index (χ0n) is 21.1. The Kier molecular flexibility index (Phi) is 7.24. The lowest BCUT2D eigenvalue weighted by atomic mass is 9.71. The number of pyridine rings is 2. The van der Waals surface area contributed by atoms with E-state index in [1.807, 2.05) is 26.0 Å². The van der Waals surface area contributed by atoms with Crippen LogP contribution in [0.5, 0.6) is 0 Å². The lowest BCUT2D eigenvalue weighted by Gasteiger charge is -2.41. The summed E-state index contributed by atoms with van der Waals surface area (Å²) in [7, 11) is 0. The smallest absolute Gasteiger partial charge is 0.259 e. The van der Waals surface area contributed by atoms with Crippen molar-refractivity contribution in [2.75, 3.05) is 31.6 Å². The van der Waals surface area contributed by atoms with Gasteiger partial charge in [-0.05, 0) is 63.8 Å². The number of nitrogens with one attached hydrogen (secondary N) is 1. The topological polar surface area (TPSA) is 109 Å². The van der Waals surface area contributed by atoms with E-state index in [2.05, 4.69) is 31.4 Å². The molecule has 3 aromatic rings. The Hall–Kier alpha value is -3.32. The van der Waals surface area contributed by atoms with Gasteiger partial charge in [0.2, 0.25) is 0 Å². The van der Waals surface area contributed by atoms with Crippen molar-refractivity contribution in [3.8, 4) is 11.9 Å². The first kappa shape index (κ1) is 25.3. The second-order valence-corrected chi connectivity index (χ2v) is 10.2. The maximum absolute atomic E-state index is 13.0. The fourth-order valence-electron chi connectivity index (χ4n) is 5.29. The summed E-state index contributed by atoms with van der Waals surface area (Å²) in [6, 6.07) is 10.3. The van der Waals surface area contributed by atoms with Crippen LogP contribution in [0.25, 0.3) is 5.82 Å². The molecule has 0 spiro atoms. The molecule has 1 amide bonds. The summed E-state index contributed by atoms with van der Waals surface area (Å²) >= 11 is 6.08. The van der Waals surface area contributed by atoms with Gasteiger partial charge in [0.15, 0.2) is 5.82 Å². The van der Waals surface area contributed by atoms with Gasteiger partial charge in [0, 0.05) is 19.1 Å². The van der Waals surface area contributed by atoms with Crippen molar-refractivity contribution in [2.24, 2.45) is 0 Å². The first-order valence-corrected chi connectivity index (χ1v) is 13.0. The number of hydrogen-bond donors (Lipinski definition) is 1. The summed E-state index contributed by atoms with van der Waals surface area (Å²) < 4.78 is 7.09. The fourth-order valence-corrected chi connectivity index (χ4v) is 5.40. The van der Waals surface area contributed by atoms with Crippen LogP contribution in [0.15, 0.2) is 36.7 Å². The lowest BCUT2D eigenvalue weighted by Crippen LogP contribution is -2.47. The van der Waals surface area contributed by atoms with Crippen LogP contribution in [0.2, 0.25) is 5.02 Å². The number of aryl methyl sites for hydroxylation is 1. The fraction of sp³-hybridized carbons (Fsp3) is 0.444. The lowest BCUT2D eigenvalue weighted by molar-refractivity contribution is 0.00493. The summed E-state index contributed by atoms with van der Waals surface area (Å²) in [6.07, 6.45) is 6.65. The molecule has 0 aromatic carbocycles. The Bertz CT molecular complexity index is 1320. The van der Waals surface area contributed by atoms with E-state index in [0.29, 0.717) is 39.5 Å². The van der Waals surface area contributed by atoms with E-state index in [-0.39, 0.29) is 5.91 Å². The zero-order valence-corrected chi connectivity index (χ0v) is 21.8. The standard InChI is InChI=1S/C27H30ClN7O2/c1-18-23(28)4-6-25(32-18)35-19(2)22(16-31-35)26(36)33-20-3-5-24(30-15-20)27(17-29)9-7-21(8-10-27)34-11-13-37-14-12-34/h3-6,15-16,21H,7-14H2,1-2H3,(H,33,36)/t21-,27-. The minimum Gasteiger partial charge on any atom is -0.379 e. The van der Waals surface area contributed by atoms with E-state index in [1.54, 1.807) is 23.0 Å². The summed E-state index contributed by atoms with van der Waals surface area (Å²) in [4.78, 5) is 24.5. The van der Waals surface area contributed by atoms with Gasteiger partial charge in [-0.2, -0.15) is 10.4 Å². The molecule has 9 nitrogen and oxygen atoms in total. The van der Waals surface area contributed by atoms with Crippen molar-refractivity contribution in [1.82, 2.24) is 24.6 Å². The second-order valence-electron chi connectivity index (χ2n) is 9.75. The number of aromatic nitrogens is 4. The minimum absolute atomic E-state index is 0.287. The van der Waals surface area contributed by atoms with Crippen molar-refractivity contribution < 1.29 is 9.53 Å². The molecule has 2 aliphatic rings. The second kappa shape index (κ2) is 10.6. The molecule has 0 unspecified atom stereocenters. The van der Waals surface area contributed by atoms with Crippen molar-refractivity contribution in [1.29, 1.82) is 5.26 Å². The van der Waals surface area contributed by atoms with E-state index < -0.39 is 5.41 Å². The normalized spacial score (nSPS) is 22.4. The molecule has 0 atom stereocenters. The van der Waals surface area contributed by atoms with Crippen LogP contribution in [0.1, 0.15) is 53.1 Å². The molecule has 1 aliphatic heterocycles. The predicted molar refractivity (Wildman–Crippen MR) is 140 cm³/mol. The number of hydrogen-bond acceptors (Lipinski definition) is 7. The van der Waals surface area contributed by atoms with Crippen LogP contribution in [-0.4, -0.2) is 62.9 Å². The number of rotatable bonds is 5. The van der Waals surface area contributed by atoms with Crippen LogP contribution in [0, 0.1) is 25.2 Å². The molecule has 37 heavy (non-hydrogen) atoms. The molecule has 1 aliphatic carbocycles. The summed E-state index contributed by atoms with van der Waals surface area (Å²) in [5.74, 6) is 0.305. The van der Waals surface area contributed by atoms with Gasteiger partial charge in [-0.25, -0.2) is 9.67 Å². The number of halogens is 1. The predicted octanol–water partition coefficient (Wildman–Crippen LogP) is 4.22. The molecule has 0 bridgehead atoms. The largest absolute Gasteiger partial charge is 0.379 e. The number of carbonyl (C=O) groups is 1. The summed E-state index contributed by atoms with van der Waals surface area (Å²) in [5.41, 5.74) is 2.53. The van der Waals surface area contributed by atoms with Crippen molar-refractivity contribution in [3.05, 3.63) is 64.3 Å².